The van der Waals surface area contributed by atoms with E-state index in [0.717, 1.165) is 12.8 Å². The van der Waals surface area contributed by atoms with Gasteiger partial charge >= 0.3 is 6.03 Å². The summed E-state index contributed by atoms with van der Waals surface area (Å²) in [7, 11) is -3.10. The minimum absolute atomic E-state index is 0.0446. The molecule has 114 valence electrons. The summed E-state index contributed by atoms with van der Waals surface area (Å²) in [6, 6.07) is -0.237. The van der Waals surface area contributed by atoms with Crippen LogP contribution in [0.2, 0.25) is 0 Å². The van der Waals surface area contributed by atoms with Crippen molar-refractivity contribution in [2.45, 2.75) is 39.2 Å². The largest absolute Gasteiger partial charge is 0.326 e. The minimum atomic E-state index is -3.10. The number of imide groups is 1. The van der Waals surface area contributed by atoms with Crippen molar-refractivity contribution in [2.24, 2.45) is 5.41 Å². The van der Waals surface area contributed by atoms with Crippen LogP contribution < -0.4 is 0 Å². The Labute approximate surface area is 120 Å². The standard InChI is InChI=1S/C13H22N2O4S/c1-10(2)14-7-4-11(16)15(12(14)17)8-13(5-6-13)9-20(3,18)19/h10H,4-9H2,1-3H3. The number of hydrogen-bond donors (Lipinski definition) is 0. The van der Waals surface area contributed by atoms with E-state index in [1.165, 1.54) is 11.2 Å². The molecular formula is C13H22N2O4S. The summed E-state index contributed by atoms with van der Waals surface area (Å²) >= 11 is 0. The molecule has 0 unspecified atom stereocenters. The van der Waals surface area contributed by atoms with Crippen molar-refractivity contribution in [1.82, 2.24) is 9.80 Å². The van der Waals surface area contributed by atoms with E-state index >= 15 is 0 Å². The Morgan fingerprint density at radius 3 is 2.30 bits per heavy atom. The highest BCUT2D eigenvalue weighted by molar-refractivity contribution is 7.90. The number of nitrogens with zero attached hydrogens (tertiary/aromatic N) is 2. The van der Waals surface area contributed by atoms with Gasteiger partial charge in [0.15, 0.2) is 0 Å². The van der Waals surface area contributed by atoms with Gasteiger partial charge in [0.25, 0.3) is 0 Å². The van der Waals surface area contributed by atoms with Gasteiger partial charge in [0, 0.05) is 37.2 Å². The molecular weight excluding hydrogens is 280 g/mol. The van der Waals surface area contributed by atoms with Crippen LogP contribution in [-0.2, 0) is 14.6 Å². The Kier molecular flexibility index (Phi) is 3.83. The maximum atomic E-state index is 12.3. The number of sulfone groups is 1. The van der Waals surface area contributed by atoms with Gasteiger partial charge in [-0.05, 0) is 26.7 Å². The number of urea groups is 1. The van der Waals surface area contributed by atoms with Crippen LogP contribution in [0.5, 0.6) is 0 Å². The third-order valence-electron chi connectivity index (χ3n) is 3.99. The predicted molar refractivity (Wildman–Crippen MR) is 74.9 cm³/mol. The lowest BCUT2D eigenvalue weighted by Crippen LogP contribution is -2.56. The zero-order chi connectivity index (χ0) is 15.1. The van der Waals surface area contributed by atoms with E-state index < -0.39 is 15.3 Å². The van der Waals surface area contributed by atoms with Gasteiger partial charge in [-0.25, -0.2) is 13.2 Å². The van der Waals surface area contributed by atoms with Crippen molar-refractivity contribution in [1.29, 1.82) is 0 Å². The van der Waals surface area contributed by atoms with Crippen LogP contribution >= 0.6 is 0 Å². The summed E-state index contributed by atoms with van der Waals surface area (Å²) in [6.07, 6.45) is 3.05. The highest BCUT2D eigenvalue weighted by atomic mass is 32.2. The Balaban J connectivity index is 2.11. The van der Waals surface area contributed by atoms with E-state index in [0.29, 0.717) is 13.0 Å². The zero-order valence-corrected chi connectivity index (χ0v) is 13.1. The molecule has 0 spiro atoms. The normalized spacial score (nSPS) is 22.6. The predicted octanol–water partition coefficient (Wildman–Crippen LogP) is 0.874. The molecule has 1 aliphatic heterocycles. The van der Waals surface area contributed by atoms with Crippen molar-refractivity contribution in [2.75, 3.05) is 25.1 Å². The molecule has 2 fully saturated rings. The fourth-order valence-corrected chi connectivity index (χ4v) is 4.25. The van der Waals surface area contributed by atoms with Gasteiger partial charge in [-0.15, -0.1) is 0 Å². The molecule has 1 saturated heterocycles. The number of carbonyl (C=O) groups excluding carboxylic acids is 2. The lowest BCUT2D eigenvalue weighted by molar-refractivity contribution is -0.131. The lowest BCUT2D eigenvalue weighted by Gasteiger charge is -2.38. The van der Waals surface area contributed by atoms with Crippen LogP contribution in [0.4, 0.5) is 4.79 Å². The molecule has 1 aliphatic carbocycles. The van der Waals surface area contributed by atoms with Crippen LogP contribution in [-0.4, -0.2) is 61.3 Å². The smallest absolute Gasteiger partial charge is 0.321 e. The number of hydrogen-bond acceptors (Lipinski definition) is 4. The summed E-state index contributed by atoms with van der Waals surface area (Å²) in [5.41, 5.74) is -0.404. The molecule has 3 amide bonds. The Morgan fingerprint density at radius 2 is 1.85 bits per heavy atom. The molecule has 6 nitrogen and oxygen atoms in total. The van der Waals surface area contributed by atoms with E-state index in [2.05, 4.69) is 0 Å². The van der Waals surface area contributed by atoms with Gasteiger partial charge in [0.1, 0.15) is 9.84 Å². The summed E-state index contributed by atoms with van der Waals surface area (Å²) in [4.78, 5) is 27.2. The molecule has 1 saturated carbocycles. The highest BCUT2D eigenvalue weighted by Crippen LogP contribution is 2.47. The van der Waals surface area contributed by atoms with Gasteiger partial charge in [-0.3, -0.25) is 9.69 Å². The zero-order valence-electron chi connectivity index (χ0n) is 12.3. The van der Waals surface area contributed by atoms with Crippen LogP contribution in [0.3, 0.4) is 0 Å². The molecule has 1 heterocycles. The van der Waals surface area contributed by atoms with E-state index in [4.69, 9.17) is 0 Å². The van der Waals surface area contributed by atoms with E-state index in [1.807, 2.05) is 13.8 Å². The third kappa shape index (κ3) is 3.31. The summed E-state index contributed by atoms with van der Waals surface area (Å²) in [6.45, 7) is 4.51. The average Bonchev–Trinajstić information content (AvgIpc) is 3.01. The molecule has 7 heteroatoms. The third-order valence-corrected chi connectivity index (χ3v) is 5.12. The van der Waals surface area contributed by atoms with E-state index in [1.54, 1.807) is 4.90 Å². The van der Waals surface area contributed by atoms with Gasteiger partial charge < -0.3 is 4.90 Å². The van der Waals surface area contributed by atoms with Crippen LogP contribution in [0.1, 0.15) is 33.1 Å². The Morgan fingerprint density at radius 1 is 1.25 bits per heavy atom. The molecule has 0 aromatic heterocycles. The minimum Gasteiger partial charge on any atom is -0.321 e. The van der Waals surface area contributed by atoms with Crippen LogP contribution in [0.25, 0.3) is 0 Å². The number of amides is 3. The molecule has 2 aliphatic rings. The quantitative estimate of drug-likeness (QED) is 0.755. The van der Waals surface area contributed by atoms with E-state index in [9.17, 15) is 18.0 Å². The van der Waals surface area contributed by atoms with Gasteiger partial charge in [0.2, 0.25) is 5.91 Å². The van der Waals surface area contributed by atoms with Crippen molar-refractivity contribution in [3.63, 3.8) is 0 Å². The number of rotatable bonds is 5. The second-order valence-corrected chi connectivity index (χ2v) is 8.51. The molecule has 0 aromatic carbocycles. The van der Waals surface area contributed by atoms with Crippen molar-refractivity contribution in [3.05, 3.63) is 0 Å². The van der Waals surface area contributed by atoms with Crippen molar-refractivity contribution < 1.29 is 18.0 Å². The monoisotopic (exact) mass is 302 g/mol. The van der Waals surface area contributed by atoms with Crippen LogP contribution in [0, 0.1) is 5.41 Å². The first-order valence-electron chi connectivity index (χ1n) is 6.92. The Bertz CT molecular complexity index is 522. The van der Waals surface area contributed by atoms with E-state index in [-0.39, 0.29) is 30.3 Å². The van der Waals surface area contributed by atoms with Gasteiger partial charge in [-0.2, -0.15) is 0 Å². The molecule has 2 rings (SSSR count). The first-order valence-corrected chi connectivity index (χ1v) is 8.98. The van der Waals surface area contributed by atoms with Crippen molar-refractivity contribution in [3.8, 4) is 0 Å². The summed E-state index contributed by atoms with van der Waals surface area (Å²) in [5.74, 6) is -0.134. The summed E-state index contributed by atoms with van der Waals surface area (Å²) in [5, 5.41) is 0. The fourth-order valence-electron chi connectivity index (χ4n) is 2.76. The molecule has 0 N–H and O–H groups in total. The maximum absolute atomic E-state index is 12.3. The highest BCUT2D eigenvalue weighted by Gasteiger charge is 2.49. The first-order chi connectivity index (χ1) is 9.14. The average molecular weight is 302 g/mol. The lowest BCUT2D eigenvalue weighted by atomic mass is 10.1. The molecule has 0 atom stereocenters. The second-order valence-electron chi connectivity index (χ2n) is 6.37. The van der Waals surface area contributed by atoms with Crippen LogP contribution in [0.15, 0.2) is 0 Å². The molecule has 0 radical (unpaired) electrons. The Hall–Kier alpha value is -1.11. The van der Waals surface area contributed by atoms with Crippen molar-refractivity contribution >= 4 is 21.8 Å². The van der Waals surface area contributed by atoms with Gasteiger partial charge in [-0.1, -0.05) is 0 Å². The topological polar surface area (TPSA) is 74.8 Å². The molecule has 0 bridgehead atoms. The fraction of sp³-hybridized carbons (Fsp3) is 0.846. The van der Waals surface area contributed by atoms with Gasteiger partial charge in [0.05, 0.1) is 5.75 Å². The maximum Gasteiger partial charge on any atom is 0.326 e. The first kappa shape index (κ1) is 15.3. The second kappa shape index (κ2) is 5.02. The SMILES string of the molecule is CC(C)N1CCC(=O)N(CC2(CS(C)(=O)=O)CC2)C1=O. The number of carbonyl (C=O) groups is 2. The molecule has 0 aromatic rings. The molecule has 20 heavy (non-hydrogen) atoms. The summed E-state index contributed by atoms with van der Waals surface area (Å²) < 4.78 is 22.9.